The molecule has 2 amide bonds. The van der Waals surface area contributed by atoms with E-state index < -0.39 is 28.5 Å². The van der Waals surface area contributed by atoms with E-state index in [4.69, 9.17) is 4.74 Å². The van der Waals surface area contributed by atoms with E-state index in [0.717, 1.165) is 27.4 Å². The van der Waals surface area contributed by atoms with Gasteiger partial charge < -0.3 is 15.0 Å². The SMILES string of the molecule is CC[C@H](C)NC(=O)[C@@H](C)N(Cc1cccc(C)c1)C(=O)CN(c1ccc(C)cc1)S(=O)(=O)c1ccc(OC)cc1. The van der Waals surface area contributed by atoms with Gasteiger partial charge in [-0.15, -0.1) is 0 Å². The highest BCUT2D eigenvalue weighted by molar-refractivity contribution is 7.92. The van der Waals surface area contributed by atoms with Gasteiger partial charge in [-0.2, -0.15) is 0 Å². The fourth-order valence-corrected chi connectivity index (χ4v) is 5.58. The molecule has 40 heavy (non-hydrogen) atoms. The first-order chi connectivity index (χ1) is 19.0. The molecule has 0 aliphatic carbocycles. The van der Waals surface area contributed by atoms with Crippen molar-refractivity contribution in [3.8, 4) is 5.75 Å². The maximum absolute atomic E-state index is 14.0. The summed E-state index contributed by atoms with van der Waals surface area (Å²) in [6, 6.07) is 19.8. The third-order valence-electron chi connectivity index (χ3n) is 6.85. The zero-order chi connectivity index (χ0) is 29.4. The van der Waals surface area contributed by atoms with E-state index in [1.165, 1.54) is 24.1 Å². The second-order valence-corrected chi connectivity index (χ2v) is 11.9. The lowest BCUT2D eigenvalue weighted by atomic mass is 10.1. The first-order valence-corrected chi connectivity index (χ1v) is 14.8. The van der Waals surface area contributed by atoms with Gasteiger partial charge in [-0.25, -0.2) is 8.42 Å². The summed E-state index contributed by atoms with van der Waals surface area (Å²) in [5.74, 6) is -0.274. The van der Waals surface area contributed by atoms with Crippen LogP contribution in [0.4, 0.5) is 5.69 Å². The van der Waals surface area contributed by atoms with Crippen LogP contribution in [-0.2, 0) is 26.2 Å². The topological polar surface area (TPSA) is 96.0 Å². The molecule has 9 heteroatoms. The van der Waals surface area contributed by atoms with Crippen LogP contribution >= 0.6 is 0 Å². The fourth-order valence-electron chi connectivity index (χ4n) is 4.17. The normalized spacial score (nSPS) is 12.8. The van der Waals surface area contributed by atoms with E-state index in [9.17, 15) is 18.0 Å². The van der Waals surface area contributed by atoms with Crippen LogP contribution in [-0.4, -0.2) is 50.9 Å². The van der Waals surface area contributed by atoms with Crippen LogP contribution in [0.2, 0.25) is 0 Å². The van der Waals surface area contributed by atoms with Crippen molar-refractivity contribution < 1.29 is 22.7 Å². The standard InChI is InChI=1S/C31H39N3O5S/c1-7-24(4)32-31(36)25(5)33(20-26-10-8-9-23(3)19-26)30(35)21-34(27-13-11-22(2)12-14-27)40(37,38)29-17-15-28(39-6)16-18-29/h8-19,24-25H,7,20-21H2,1-6H3,(H,32,36)/t24-,25+/m0/s1. The van der Waals surface area contributed by atoms with Crippen molar-refractivity contribution in [2.24, 2.45) is 0 Å². The molecule has 0 unspecified atom stereocenters. The molecule has 3 aromatic rings. The van der Waals surface area contributed by atoms with Crippen molar-refractivity contribution in [1.29, 1.82) is 0 Å². The van der Waals surface area contributed by atoms with Crippen molar-refractivity contribution >= 4 is 27.5 Å². The van der Waals surface area contributed by atoms with Gasteiger partial charge in [0.05, 0.1) is 17.7 Å². The molecule has 3 rings (SSSR count). The quantitative estimate of drug-likeness (QED) is 0.339. The average molecular weight is 566 g/mol. The van der Waals surface area contributed by atoms with Crippen molar-refractivity contribution in [2.45, 2.75) is 64.6 Å². The van der Waals surface area contributed by atoms with Crippen molar-refractivity contribution in [3.05, 3.63) is 89.5 Å². The molecule has 0 aliphatic rings. The number of rotatable bonds is 12. The molecule has 0 spiro atoms. The number of aryl methyl sites for hydroxylation is 2. The Morgan fingerprint density at radius 3 is 2.15 bits per heavy atom. The molecule has 0 radical (unpaired) electrons. The summed E-state index contributed by atoms with van der Waals surface area (Å²) < 4.78 is 34.1. The third kappa shape index (κ3) is 7.63. The maximum atomic E-state index is 14.0. The Kier molecular flexibility index (Phi) is 10.3. The molecule has 0 heterocycles. The molecular weight excluding hydrogens is 526 g/mol. The smallest absolute Gasteiger partial charge is 0.264 e. The molecule has 3 aromatic carbocycles. The van der Waals surface area contributed by atoms with Crippen LogP contribution in [0.5, 0.6) is 5.75 Å². The number of carbonyl (C=O) groups is 2. The van der Waals surface area contributed by atoms with Crippen LogP contribution < -0.4 is 14.4 Å². The highest BCUT2D eigenvalue weighted by Crippen LogP contribution is 2.26. The zero-order valence-electron chi connectivity index (χ0n) is 24.0. The number of sulfonamides is 1. The summed E-state index contributed by atoms with van der Waals surface area (Å²) in [6.07, 6.45) is 0.742. The summed E-state index contributed by atoms with van der Waals surface area (Å²) in [5, 5.41) is 2.94. The van der Waals surface area contributed by atoms with E-state index >= 15 is 0 Å². The number of hydrogen-bond acceptors (Lipinski definition) is 5. The molecule has 214 valence electrons. The highest BCUT2D eigenvalue weighted by Gasteiger charge is 2.32. The molecule has 0 saturated carbocycles. The number of anilines is 1. The second kappa shape index (κ2) is 13.5. The summed E-state index contributed by atoms with van der Waals surface area (Å²) in [5.41, 5.74) is 3.16. The van der Waals surface area contributed by atoms with Gasteiger partial charge in [-0.3, -0.25) is 13.9 Å². The number of hydrogen-bond donors (Lipinski definition) is 1. The van der Waals surface area contributed by atoms with Gasteiger partial charge in [0.25, 0.3) is 10.0 Å². The monoisotopic (exact) mass is 565 g/mol. The lowest BCUT2D eigenvalue weighted by Gasteiger charge is -2.32. The van der Waals surface area contributed by atoms with Gasteiger partial charge in [0.1, 0.15) is 18.3 Å². The third-order valence-corrected chi connectivity index (χ3v) is 8.64. The number of carbonyl (C=O) groups excluding carboxylic acids is 2. The lowest BCUT2D eigenvalue weighted by Crippen LogP contribution is -2.52. The van der Waals surface area contributed by atoms with Crippen LogP contribution in [0.15, 0.2) is 77.7 Å². The van der Waals surface area contributed by atoms with Crippen molar-refractivity contribution in [3.63, 3.8) is 0 Å². The minimum absolute atomic E-state index is 0.0227. The Labute approximate surface area is 238 Å². The Balaban J connectivity index is 2.02. The molecule has 2 atom stereocenters. The van der Waals surface area contributed by atoms with E-state index in [2.05, 4.69) is 5.32 Å². The Hall–Kier alpha value is -3.85. The second-order valence-electron chi connectivity index (χ2n) is 10.0. The predicted octanol–water partition coefficient (Wildman–Crippen LogP) is 4.84. The average Bonchev–Trinajstić information content (AvgIpc) is 2.94. The van der Waals surface area contributed by atoms with Gasteiger partial charge in [0.15, 0.2) is 0 Å². The van der Waals surface area contributed by atoms with Crippen molar-refractivity contribution in [1.82, 2.24) is 10.2 Å². The minimum Gasteiger partial charge on any atom is -0.497 e. The molecule has 0 aliphatic heterocycles. The van der Waals surface area contributed by atoms with Crippen LogP contribution in [0.1, 0.15) is 43.9 Å². The number of methoxy groups -OCH3 is 1. The van der Waals surface area contributed by atoms with Crippen LogP contribution in [0.3, 0.4) is 0 Å². The zero-order valence-corrected chi connectivity index (χ0v) is 24.9. The van der Waals surface area contributed by atoms with Gasteiger partial charge in [-0.05, 0) is 76.1 Å². The van der Waals surface area contributed by atoms with E-state index in [0.29, 0.717) is 11.4 Å². The first-order valence-electron chi connectivity index (χ1n) is 13.3. The predicted molar refractivity (Wildman–Crippen MR) is 158 cm³/mol. The van der Waals surface area contributed by atoms with Gasteiger partial charge in [0.2, 0.25) is 11.8 Å². The first kappa shape index (κ1) is 30.7. The molecule has 0 saturated heterocycles. The highest BCUT2D eigenvalue weighted by atomic mass is 32.2. The Morgan fingerprint density at radius 1 is 0.925 bits per heavy atom. The minimum atomic E-state index is -4.14. The van der Waals surface area contributed by atoms with E-state index in [1.54, 1.807) is 43.3 Å². The maximum Gasteiger partial charge on any atom is 0.264 e. The number of amides is 2. The molecular formula is C31H39N3O5S. The molecule has 0 bridgehead atoms. The summed E-state index contributed by atoms with van der Waals surface area (Å²) >= 11 is 0. The number of nitrogens with one attached hydrogen (secondary N) is 1. The van der Waals surface area contributed by atoms with E-state index in [-0.39, 0.29) is 23.4 Å². The molecule has 0 aromatic heterocycles. The van der Waals surface area contributed by atoms with Crippen molar-refractivity contribution in [2.75, 3.05) is 18.0 Å². The van der Waals surface area contributed by atoms with Gasteiger partial charge in [0, 0.05) is 12.6 Å². The van der Waals surface area contributed by atoms with Crippen LogP contribution in [0, 0.1) is 13.8 Å². The van der Waals surface area contributed by atoms with E-state index in [1.807, 2.05) is 52.0 Å². The van der Waals surface area contributed by atoms with Gasteiger partial charge >= 0.3 is 0 Å². The molecule has 1 N–H and O–H groups in total. The largest absolute Gasteiger partial charge is 0.497 e. The number of nitrogens with zero attached hydrogens (tertiary/aromatic N) is 2. The molecule has 0 fully saturated rings. The summed E-state index contributed by atoms with van der Waals surface area (Å²) in [6.45, 7) is 9.06. The summed E-state index contributed by atoms with van der Waals surface area (Å²) in [7, 11) is -2.64. The number of benzene rings is 3. The molecule has 8 nitrogen and oxygen atoms in total. The Bertz CT molecular complexity index is 1410. The summed E-state index contributed by atoms with van der Waals surface area (Å²) in [4.78, 5) is 28.6. The van der Waals surface area contributed by atoms with Gasteiger partial charge in [-0.1, -0.05) is 54.4 Å². The van der Waals surface area contributed by atoms with Crippen LogP contribution in [0.25, 0.3) is 0 Å². The Morgan fingerprint density at radius 2 is 1.57 bits per heavy atom. The number of ether oxygens (including phenoxy) is 1. The lowest BCUT2D eigenvalue weighted by molar-refractivity contribution is -0.139. The fraction of sp³-hybridized carbons (Fsp3) is 0.355.